The Kier molecular flexibility index (Phi) is 4.09. The van der Waals surface area contributed by atoms with Gasteiger partial charge < -0.3 is 16.2 Å². The average molecular weight is 287 g/mol. The SMILES string of the molecule is CC(CO)(Nc1ccc([N+](=O)[O-])c(N)c1)c1ccccc1. The lowest BCUT2D eigenvalue weighted by atomic mass is 9.92. The van der Waals surface area contributed by atoms with Crippen LogP contribution in [0.15, 0.2) is 48.5 Å². The second-order valence-corrected chi connectivity index (χ2v) is 5.01. The molecule has 0 fully saturated rings. The van der Waals surface area contributed by atoms with Crippen molar-refractivity contribution in [2.24, 2.45) is 0 Å². The van der Waals surface area contributed by atoms with Gasteiger partial charge in [-0.05, 0) is 24.6 Å². The van der Waals surface area contributed by atoms with E-state index >= 15 is 0 Å². The van der Waals surface area contributed by atoms with Crippen molar-refractivity contribution in [2.75, 3.05) is 17.7 Å². The van der Waals surface area contributed by atoms with Gasteiger partial charge in [0.25, 0.3) is 5.69 Å². The Morgan fingerprint density at radius 2 is 1.95 bits per heavy atom. The van der Waals surface area contributed by atoms with Crippen LogP contribution in [0, 0.1) is 10.1 Å². The first-order valence-electron chi connectivity index (χ1n) is 6.45. The summed E-state index contributed by atoms with van der Waals surface area (Å²) >= 11 is 0. The molecule has 0 aromatic heterocycles. The van der Waals surface area contributed by atoms with E-state index in [0.717, 1.165) is 5.56 Å². The highest BCUT2D eigenvalue weighted by atomic mass is 16.6. The molecule has 0 aliphatic carbocycles. The van der Waals surface area contributed by atoms with Gasteiger partial charge in [0.1, 0.15) is 5.69 Å². The monoisotopic (exact) mass is 287 g/mol. The molecule has 0 saturated heterocycles. The number of anilines is 2. The summed E-state index contributed by atoms with van der Waals surface area (Å²) in [4.78, 5) is 10.2. The molecule has 0 aliphatic heterocycles. The number of nitro benzene ring substituents is 1. The van der Waals surface area contributed by atoms with E-state index in [0.29, 0.717) is 5.69 Å². The van der Waals surface area contributed by atoms with Gasteiger partial charge in [-0.25, -0.2) is 0 Å². The Bertz CT molecular complexity index is 646. The van der Waals surface area contributed by atoms with E-state index in [4.69, 9.17) is 5.73 Å². The molecule has 1 atom stereocenters. The Morgan fingerprint density at radius 1 is 1.29 bits per heavy atom. The second kappa shape index (κ2) is 5.80. The van der Waals surface area contributed by atoms with Gasteiger partial charge in [0.2, 0.25) is 0 Å². The number of nitro groups is 1. The summed E-state index contributed by atoms with van der Waals surface area (Å²) in [6.07, 6.45) is 0. The normalized spacial score (nSPS) is 13.4. The number of benzene rings is 2. The van der Waals surface area contributed by atoms with Crippen LogP contribution in [-0.4, -0.2) is 16.6 Å². The van der Waals surface area contributed by atoms with Crippen LogP contribution in [0.4, 0.5) is 17.1 Å². The van der Waals surface area contributed by atoms with Gasteiger partial charge in [0.15, 0.2) is 0 Å². The maximum Gasteiger partial charge on any atom is 0.292 e. The van der Waals surface area contributed by atoms with Crippen LogP contribution in [0.1, 0.15) is 12.5 Å². The van der Waals surface area contributed by atoms with Crippen LogP contribution in [0.5, 0.6) is 0 Å². The van der Waals surface area contributed by atoms with Crippen molar-refractivity contribution >= 4 is 17.1 Å². The Morgan fingerprint density at radius 3 is 2.48 bits per heavy atom. The van der Waals surface area contributed by atoms with Crippen LogP contribution in [0.2, 0.25) is 0 Å². The molecule has 6 heteroatoms. The predicted octanol–water partition coefficient (Wildman–Crippen LogP) is 2.50. The van der Waals surface area contributed by atoms with Crippen LogP contribution >= 0.6 is 0 Å². The highest BCUT2D eigenvalue weighted by molar-refractivity contribution is 5.66. The van der Waals surface area contributed by atoms with Crippen LogP contribution < -0.4 is 11.1 Å². The number of nitrogens with zero attached hydrogens (tertiary/aromatic N) is 1. The summed E-state index contributed by atoms with van der Waals surface area (Å²) in [7, 11) is 0. The smallest absolute Gasteiger partial charge is 0.292 e. The molecule has 0 spiro atoms. The van der Waals surface area contributed by atoms with Gasteiger partial charge in [0, 0.05) is 11.8 Å². The molecule has 0 amide bonds. The van der Waals surface area contributed by atoms with Crippen LogP contribution in [-0.2, 0) is 5.54 Å². The van der Waals surface area contributed by atoms with E-state index in [1.54, 1.807) is 6.07 Å². The molecule has 0 bridgehead atoms. The van der Waals surface area contributed by atoms with E-state index in [9.17, 15) is 15.2 Å². The molecule has 0 radical (unpaired) electrons. The lowest BCUT2D eigenvalue weighted by Crippen LogP contribution is -2.35. The van der Waals surface area contributed by atoms with Gasteiger partial charge in [-0.15, -0.1) is 0 Å². The first-order valence-corrected chi connectivity index (χ1v) is 6.45. The van der Waals surface area contributed by atoms with E-state index in [1.807, 2.05) is 37.3 Å². The summed E-state index contributed by atoms with van der Waals surface area (Å²) in [5.41, 5.74) is 6.44. The van der Waals surface area contributed by atoms with Crippen molar-refractivity contribution < 1.29 is 10.0 Å². The summed E-state index contributed by atoms with van der Waals surface area (Å²) in [5, 5.41) is 23.6. The predicted molar refractivity (Wildman–Crippen MR) is 82.0 cm³/mol. The van der Waals surface area contributed by atoms with Gasteiger partial charge in [-0.1, -0.05) is 30.3 Å². The third-order valence-electron chi connectivity index (χ3n) is 3.37. The van der Waals surface area contributed by atoms with Crippen molar-refractivity contribution in [3.8, 4) is 0 Å². The fraction of sp³-hybridized carbons (Fsp3) is 0.200. The number of hydrogen-bond acceptors (Lipinski definition) is 5. The number of aliphatic hydroxyl groups is 1. The Hall–Kier alpha value is -2.60. The number of hydrogen-bond donors (Lipinski definition) is 3. The Balaban J connectivity index is 2.31. The summed E-state index contributed by atoms with van der Waals surface area (Å²) in [6, 6.07) is 13.9. The van der Waals surface area contributed by atoms with Crippen molar-refractivity contribution in [2.45, 2.75) is 12.5 Å². The molecule has 2 rings (SSSR count). The third kappa shape index (κ3) is 3.11. The quantitative estimate of drug-likeness (QED) is 0.445. The van der Waals surface area contributed by atoms with Crippen molar-refractivity contribution in [1.29, 1.82) is 0 Å². The molecule has 0 aliphatic rings. The molecule has 2 aromatic carbocycles. The zero-order valence-corrected chi connectivity index (χ0v) is 11.6. The topological polar surface area (TPSA) is 101 Å². The Labute approximate surface area is 122 Å². The lowest BCUT2D eigenvalue weighted by molar-refractivity contribution is -0.383. The number of nitrogens with two attached hydrogens (primary N) is 1. The van der Waals surface area contributed by atoms with Crippen molar-refractivity contribution in [3.05, 3.63) is 64.2 Å². The minimum atomic E-state index is -0.705. The molecule has 0 saturated carbocycles. The van der Waals surface area contributed by atoms with Crippen LogP contribution in [0.25, 0.3) is 0 Å². The summed E-state index contributed by atoms with van der Waals surface area (Å²) < 4.78 is 0. The van der Waals surface area contributed by atoms with Gasteiger partial charge >= 0.3 is 0 Å². The first-order chi connectivity index (χ1) is 9.96. The molecular weight excluding hydrogens is 270 g/mol. The number of nitrogens with one attached hydrogen (secondary N) is 1. The van der Waals surface area contributed by atoms with Crippen molar-refractivity contribution in [3.63, 3.8) is 0 Å². The van der Waals surface area contributed by atoms with E-state index in [2.05, 4.69) is 5.32 Å². The van der Waals surface area contributed by atoms with Gasteiger partial charge in [0.05, 0.1) is 17.1 Å². The highest BCUT2D eigenvalue weighted by Gasteiger charge is 2.26. The molecule has 110 valence electrons. The van der Waals surface area contributed by atoms with Crippen molar-refractivity contribution in [1.82, 2.24) is 0 Å². The van der Waals surface area contributed by atoms with E-state index in [1.165, 1.54) is 12.1 Å². The number of aliphatic hydroxyl groups excluding tert-OH is 1. The first kappa shape index (κ1) is 14.8. The molecule has 1 unspecified atom stereocenters. The lowest BCUT2D eigenvalue weighted by Gasteiger charge is -2.30. The summed E-state index contributed by atoms with van der Waals surface area (Å²) in [5.74, 6) is 0. The van der Waals surface area contributed by atoms with Gasteiger partial charge in [-0.2, -0.15) is 0 Å². The molecular formula is C15H17N3O3. The van der Waals surface area contributed by atoms with E-state index in [-0.39, 0.29) is 18.0 Å². The molecule has 21 heavy (non-hydrogen) atoms. The zero-order valence-electron chi connectivity index (χ0n) is 11.6. The summed E-state index contributed by atoms with van der Waals surface area (Å²) in [6.45, 7) is 1.72. The molecule has 6 nitrogen and oxygen atoms in total. The second-order valence-electron chi connectivity index (χ2n) is 5.01. The molecule has 2 aromatic rings. The minimum absolute atomic E-state index is 0.0818. The minimum Gasteiger partial charge on any atom is -0.394 e. The number of nitrogen functional groups attached to an aromatic ring is 1. The zero-order chi connectivity index (χ0) is 15.5. The molecule has 4 N–H and O–H groups in total. The highest BCUT2D eigenvalue weighted by Crippen LogP contribution is 2.30. The largest absolute Gasteiger partial charge is 0.394 e. The molecule has 0 heterocycles. The maximum atomic E-state index is 10.8. The fourth-order valence-electron chi connectivity index (χ4n) is 2.13. The average Bonchev–Trinajstić information content (AvgIpc) is 2.47. The van der Waals surface area contributed by atoms with Gasteiger partial charge in [-0.3, -0.25) is 10.1 Å². The third-order valence-corrected chi connectivity index (χ3v) is 3.37. The number of rotatable bonds is 5. The van der Waals surface area contributed by atoms with E-state index < -0.39 is 10.5 Å². The standard InChI is InChI=1S/C15H17N3O3/c1-15(10-19,11-5-3-2-4-6-11)17-12-7-8-14(18(20)21)13(16)9-12/h2-9,17,19H,10,16H2,1H3. The van der Waals surface area contributed by atoms with Crippen LogP contribution in [0.3, 0.4) is 0 Å². The maximum absolute atomic E-state index is 10.8. The fourth-order valence-corrected chi connectivity index (χ4v) is 2.13.